The van der Waals surface area contributed by atoms with Crippen molar-refractivity contribution < 1.29 is 14.3 Å². The maximum absolute atomic E-state index is 12.4. The Morgan fingerprint density at radius 2 is 1.84 bits per heavy atom. The number of ether oxygens (including phenoxy) is 1. The van der Waals surface area contributed by atoms with Crippen LogP contribution < -0.4 is 20.3 Å². The van der Waals surface area contributed by atoms with Gasteiger partial charge >= 0.3 is 0 Å². The first-order chi connectivity index (χ1) is 15.1. The highest BCUT2D eigenvalue weighted by molar-refractivity contribution is 6.33. The summed E-state index contributed by atoms with van der Waals surface area (Å²) < 4.78 is 5.79. The van der Waals surface area contributed by atoms with Gasteiger partial charge in [0.2, 0.25) is 5.91 Å². The molecular formula is C24H22ClN3O3. The number of hydrogen-bond acceptors (Lipinski definition) is 4. The average Bonchev–Trinajstić information content (AvgIpc) is 2.78. The van der Waals surface area contributed by atoms with E-state index in [0.717, 1.165) is 16.8 Å². The van der Waals surface area contributed by atoms with Gasteiger partial charge in [0, 0.05) is 24.3 Å². The molecule has 0 radical (unpaired) electrons. The van der Waals surface area contributed by atoms with Gasteiger partial charge in [-0.3, -0.25) is 9.59 Å². The molecule has 0 bridgehead atoms. The number of hydrogen-bond donors (Lipinski definition) is 2. The first-order valence-electron chi connectivity index (χ1n) is 9.98. The summed E-state index contributed by atoms with van der Waals surface area (Å²) in [6, 6.07) is 22.7. The van der Waals surface area contributed by atoms with Gasteiger partial charge < -0.3 is 20.3 Å². The van der Waals surface area contributed by atoms with Crippen LogP contribution in [0.5, 0.6) is 5.75 Å². The molecule has 1 fully saturated rings. The topological polar surface area (TPSA) is 70.7 Å². The lowest BCUT2D eigenvalue weighted by Gasteiger charge is -2.29. The van der Waals surface area contributed by atoms with Crippen LogP contribution in [0.4, 0.5) is 11.4 Å². The normalized spacial score (nSPS) is 13.5. The van der Waals surface area contributed by atoms with E-state index in [1.54, 1.807) is 12.1 Å². The predicted octanol–water partition coefficient (Wildman–Crippen LogP) is 3.96. The number of halogens is 1. The van der Waals surface area contributed by atoms with Crippen molar-refractivity contribution in [2.75, 3.05) is 36.5 Å². The van der Waals surface area contributed by atoms with Crippen molar-refractivity contribution in [2.24, 2.45) is 0 Å². The smallest absolute Gasteiger partial charge is 0.262 e. The van der Waals surface area contributed by atoms with Gasteiger partial charge in [0.15, 0.2) is 6.61 Å². The van der Waals surface area contributed by atoms with Crippen LogP contribution in [0.2, 0.25) is 5.02 Å². The third kappa shape index (κ3) is 5.16. The predicted molar refractivity (Wildman–Crippen MR) is 123 cm³/mol. The van der Waals surface area contributed by atoms with Crippen LogP contribution in [0.15, 0.2) is 72.8 Å². The highest BCUT2D eigenvalue weighted by atomic mass is 35.5. The van der Waals surface area contributed by atoms with Crippen LogP contribution in [0, 0.1) is 0 Å². The van der Waals surface area contributed by atoms with Crippen LogP contribution in [-0.4, -0.2) is 38.1 Å². The monoisotopic (exact) mass is 435 g/mol. The van der Waals surface area contributed by atoms with E-state index in [1.807, 2.05) is 65.6 Å². The van der Waals surface area contributed by atoms with Crippen molar-refractivity contribution in [3.05, 3.63) is 77.8 Å². The number of carbonyl (C=O) groups excluding carboxylic acids is 2. The van der Waals surface area contributed by atoms with E-state index < -0.39 is 0 Å². The Bertz CT molecular complexity index is 1090. The Labute approximate surface area is 185 Å². The first-order valence-corrected chi connectivity index (χ1v) is 10.4. The van der Waals surface area contributed by atoms with E-state index in [2.05, 4.69) is 10.6 Å². The zero-order chi connectivity index (χ0) is 21.6. The molecule has 7 heteroatoms. The standard InChI is InChI=1S/C24H22ClN3O3/c25-20-14-18(10-11-21(20)28-13-12-26-23(29)15-28)27-24(30)16-31-22-9-5-4-8-19(22)17-6-2-1-3-7-17/h1-11,14H,12-13,15-16H2,(H,26,29)(H,27,30). The summed E-state index contributed by atoms with van der Waals surface area (Å²) in [4.78, 5) is 26.0. The Kier molecular flexibility index (Phi) is 6.38. The molecule has 0 atom stereocenters. The fraction of sp³-hybridized carbons (Fsp3) is 0.167. The molecule has 0 unspecified atom stereocenters. The number of piperazine rings is 1. The molecular weight excluding hydrogens is 414 g/mol. The molecule has 3 aromatic carbocycles. The van der Waals surface area contributed by atoms with E-state index >= 15 is 0 Å². The molecule has 2 amide bonds. The summed E-state index contributed by atoms with van der Waals surface area (Å²) in [5, 5.41) is 6.07. The van der Waals surface area contributed by atoms with Crippen molar-refractivity contribution in [1.29, 1.82) is 0 Å². The number of carbonyl (C=O) groups is 2. The molecule has 0 spiro atoms. The summed E-state index contributed by atoms with van der Waals surface area (Å²) in [5.74, 6) is 0.317. The van der Waals surface area contributed by atoms with Crippen LogP contribution in [0.25, 0.3) is 11.1 Å². The number of benzene rings is 3. The fourth-order valence-electron chi connectivity index (χ4n) is 3.47. The molecule has 158 valence electrons. The number of anilines is 2. The minimum atomic E-state index is -0.288. The van der Waals surface area contributed by atoms with Gasteiger partial charge in [-0.25, -0.2) is 0 Å². The molecule has 4 rings (SSSR count). The number of amides is 2. The molecule has 0 aliphatic carbocycles. The van der Waals surface area contributed by atoms with Crippen LogP contribution in [-0.2, 0) is 9.59 Å². The van der Waals surface area contributed by atoms with Gasteiger partial charge in [-0.05, 0) is 29.8 Å². The van der Waals surface area contributed by atoms with Gasteiger partial charge in [-0.15, -0.1) is 0 Å². The minimum Gasteiger partial charge on any atom is -0.483 e. The lowest BCUT2D eigenvalue weighted by Crippen LogP contribution is -2.47. The summed E-state index contributed by atoms with van der Waals surface area (Å²) in [7, 11) is 0. The zero-order valence-electron chi connectivity index (χ0n) is 16.8. The summed E-state index contributed by atoms with van der Waals surface area (Å²) in [6.07, 6.45) is 0. The third-order valence-corrected chi connectivity index (χ3v) is 5.24. The van der Waals surface area contributed by atoms with E-state index in [0.29, 0.717) is 29.5 Å². The van der Waals surface area contributed by atoms with Crippen LogP contribution in [0.1, 0.15) is 0 Å². The molecule has 6 nitrogen and oxygen atoms in total. The summed E-state index contributed by atoms with van der Waals surface area (Å²) in [5.41, 5.74) is 3.28. The second-order valence-corrected chi connectivity index (χ2v) is 7.54. The van der Waals surface area contributed by atoms with E-state index in [1.165, 1.54) is 0 Å². The molecule has 1 heterocycles. The lowest BCUT2D eigenvalue weighted by atomic mass is 10.1. The molecule has 1 aliphatic rings. The molecule has 31 heavy (non-hydrogen) atoms. The molecule has 1 aliphatic heterocycles. The van der Waals surface area contributed by atoms with Crippen molar-refractivity contribution in [1.82, 2.24) is 5.32 Å². The van der Waals surface area contributed by atoms with Gasteiger partial charge in [0.05, 0.1) is 17.3 Å². The van der Waals surface area contributed by atoms with Crippen molar-refractivity contribution >= 4 is 34.8 Å². The first kappa shape index (κ1) is 20.8. The Hall–Kier alpha value is -3.51. The average molecular weight is 436 g/mol. The van der Waals surface area contributed by atoms with Gasteiger partial charge in [-0.2, -0.15) is 0 Å². The second kappa shape index (κ2) is 9.53. The maximum atomic E-state index is 12.4. The van der Waals surface area contributed by atoms with E-state index in [-0.39, 0.29) is 25.0 Å². The summed E-state index contributed by atoms with van der Waals surface area (Å²) >= 11 is 6.40. The maximum Gasteiger partial charge on any atom is 0.262 e. The zero-order valence-corrected chi connectivity index (χ0v) is 17.6. The second-order valence-electron chi connectivity index (χ2n) is 7.14. The fourth-order valence-corrected chi connectivity index (χ4v) is 3.77. The van der Waals surface area contributed by atoms with Crippen LogP contribution in [0.3, 0.4) is 0 Å². The number of rotatable bonds is 6. The Morgan fingerprint density at radius 1 is 1.06 bits per heavy atom. The number of nitrogens with zero attached hydrogens (tertiary/aromatic N) is 1. The molecule has 3 aromatic rings. The highest BCUT2D eigenvalue weighted by Crippen LogP contribution is 2.30. The van der Waals surface area contributed by atoms with Crippen molar-refractivity contribution in [3.63, 3.8) is 0 Å². The van der Waals surface area contributed by atoms with Crippen molar-refractivity contribution in [3.8, 4) is 16.9 Å². The van der Waals surface area contributed by atoms with E-state index in [4.69, 9.17) is 16.3 Å². The Balaban J connectivity index is 1.39. The lowest BCUT2D eigenvalue weighted by molar-refractivity contribution is -0.120. The highest BCUT2D eigenvalue weighted by Gasteiger charge is 2.19. The van der Waals surface area contributed by atoms with Crippen LogP contribution >= 0.6 is 11.6 Å². The van der Waals surface area contributed by atoms with Gasteiger partial charge in [0.25, 0.3) is 5.91 Å². The SMILES string of the molecule is O=C1CN(c2ccc(NC(=O)COc3ccccc3-c3ccccc3)cc2Cl)CCN1. The molecule has 1 saturated heterocycles. The molecule has 0 aromatic heterocycles. The third-order valence-electron chi connectivity index (χ3n) is 4.94. The summed E-state index contributed by atoms with van der Waals surface area (Å²) in [6.45, 7) is 1.40. The minimum absolute atomic E-state index is 0.0346. The van der Waals surface area contributed by atoms with Gasteiger partial charge in [-0.1, -0.05) is 60.1 Å². The van der Waals surface area contributed by atoms with Gasteiger partial charge in [0.1, 0.15) is 5.75 Å². The Morgan fingerprint density at radius 3 is 2.61 bits per heavy atom. The molecule has 2 N–H and O–H groups in total. The number of para-hydroxylation sites is 1. The van der Waals surface area contributed by atoms with Crippen molar-refractivity contribution in [2.45, 2.75) is 0 Å². The quantitative estimate of drug-likeness (QED) is 0.614. The number of nitrogens with one attached hydrogen (secondary N) is 2. The molecule has 0 saturated carbocycles. The largest absolute Gasteiger partial charge is 0.483 e. The van der Waals surface area contributed by atoms with E-state index in [9.17, 15) is 9.59 Å².